The standard InChI is InChI=1S/C28H42N2O2S/c1-6-7-8-9-12-27(2,3)20-16-23(31)25-21-15-19(18-33-26-29-13-14-30-26)10-11-22(21)28(4,5)32-24(25)17-20/h10,13-14,16-17,21-22,24-25,31H,6-9,11-12,15,18H2,1-5H3,(H,29,30)/t21?,22?,24?,25-/m1/s1. The number of aromatic amines is 1. The molecular formula is C28H42N2O2S. The number of H-pyrrole nitrogens is 1. The Morgan fingerprint density at radius 3 is 2.82 bits per heavy atom. The zero-order valence-corrected chi connectivity index (χ0v) is 21.9. The first-order chi connectivity index (χ1) is 15.7. The van der Waals surface area contributed by atoms with Crippen LogP contribution in [0.25, 0.3) is 0 Å². The molecule has 4 nitrogen and oxygen atoms in total. The van der Waals surface area contributed by atoms with Gasteiger partial charge in [0.05, 0.1) is 17.5 Å². The third-order valence-electron chi connectivity index (χ3n) is 8.12. The number of imidazole rings is 1. The third kappa shape index (κ3) is 5.45. The summed E-state index contributed by atoms with van der Waals surface area (Å²) in [6.07, 6.45) is 18.7. The molecule has 5 heteroatoms. The van der Waals surface area contributed by atoms with Crippen molar-refractivity contribution in [3.63, 3.8) is 0 Å². The monoisotopic (exact) mass is 470 g/mol. The predicted octanol–water partition coefficient (Wildman–Crippen LogP) is 7.63. The van der Waals surface area contributed by atoms with Gasteiger partial charge in [0, 0.05) is 24.1 Å². The van der Waals surface area contributed by atoms with Gasteiger partial charge in [-0.25, -0.2) is 4.98 Å². The van der Waals surface area contributed by atoms with E-state index < -0.39 is 0 Å². The van der Waals surface area contributed by atoms with Crippen molar-refractivity contribution in [1.82, 2.24) is 9.97 Å². The topological polar surface area (TPSA) is 58.1 Å². The lowest BCUT2D eigenvalue weighted by Crippen LogP contribution is -2.54. The lowest BCUT2D eigenvalue weighted by atomic mass is 9.61. The number of allylic oxidation sites excluding steroid dienone is 3. The summed E-state index contributed by atoms with van der Waals surface area (Å²) in [6.45, 7) is 11.4. The number of hydrogen-bond donors (Lipinski definition) is 2. The van der Waals surface area contributed by atoms with Crippen LogP contribution in [0, 0.1) is 23.2 Å². The summed E-state index contributed by atoms with van der Waals surface area (Å²) < 4.78 is 6.71. The molecule has 3 unspecified atom stereocenters. The van der Waals surface area contributed by atoms with Crippen molar-refractivity contribution in [2.24, 2.45) is 23.2 Å². The fourth-order valence-electron chi connectivity index (χ4n) is 6.10. The molecular weight excluding hydrogens is 428 g/mol. The third-order valence-corrected chi connectivity index (χ3v) is 9.13. The summed E-state index contributed by atoms with van der Waals surface area (Å²) >= 11 is 1.76. The maximum Gasteiger partial charge on any atom is 0.165 e. The number of nitrogens with one attached hydrogen (secondary N) is 1. The Morgan fingerprint density at radius 1 is 1.27 bits per heavy atom. The van der Waals surface area contributed by atoms with Crippen LogP contribution >= 0.6 is 11.8 Å². The van der Waals surface area contributed by atoms with Gasteiger partial charge < -0.3 is 14.8 Å². The molecule has 1 fully saturated rings. The van der Waals surface area contributed by atoms with Gasteiger partial charge in [0.25, 0.3) is 0 Å². The number of fused-ring (bicyclic) bond motifs is 3. The maximum absolute atomic E-state index is 11.3. The second kappa shape index (κ2) is 10.0. The predicted molar refractivity (Wildman–Crippen MR) is 137 cm³/mol. The van der Waals surface area contributed by atoms with Gasteiger partial charge >= 0.3 is 0 Å². The molecule has 182 valence electrons. The second-order valence-corrected chi connectivity index (χ2v) is 12.3. The molecule has 4 rings (SSSR count). The molecule has 2 heterocycles. The summed E-state index contributed by atoms with van der Waals surface area (Å²) in [7, 11) is 0. The van der Waals surface area contributed by atoms with Crippen molar-refractivity contribution >= 4 is 11.8 Å². The first-order valence-electron chi connectivity index (χ1n) is 12.8. The minimum Gasteiger partial charge on any atom is -0.512 e. The van der Waals surface area contributed by atoms with Gasteiger partial charge in [-0.3, -0.25) is 0 Å². The van der Waals surface area contributed by atoms with E-state index in [0.29, 0.717) is 17.6 Å². The first-order valence-corrected chi connectivity index (χ1v) is 13.8. The van der Waals surface area contributed by atoms with Crippen molar-refractivity contribution < 1.29 is 9.84 Å². The van der Waals surface area contributed by atoms with Crippen LogP contribution in [0.2, 0.25) is 0 Å². The van der Waals surface area contributed by atoms with Gasteiger partial charge in [-0.15, -0.1) is 0 Å². The van der Waals surface area contributed by atoms with E-state index in [1.165, 1.54) is 36.8 Å². The Balaban J connectivity index is 1.50. The molecule has 4 atom stereocenters. The molecule has 0 bridgehead atoms. The average molecular weight is 471 g/mol. The van der Waals surface area contributed by atoms with E-state index in [-0.39, 0.29) is 23.0 Å². The molecule has 0 aromatic carbocycles. The van der Waals surface area contributed by atoms with Crippen LogP contribution in [0.3, 0.4) is 0 Å². The molecule has 0 amide bonds. The largest absolute Gasteiger partial charge is 0.512 e. The minimum atomic E-state index is -0.202. The molecule has 3 aliphatic rings. The Kier molecular flexibility index (Phi) is 7.50. The van der Waals surface area contributed by atoms with Gasteiger partial charge in [0.15, 0.2) is 5.16 Å². The number of aromatic nitrogens is 2. The number of hydrogen-bond acceptors (Lipinski definition) is 4. The number of nitrogens with zero attached hydrogens (tertiary/aromatic N) is 1. The lowest BCUT2D eigenvalue weighted by Gasteiger charge is -2.53. The number of ether oxygens (including phenoxy) is 1. The van der Waals surface area contributed by atoms with E-state index in [4.69, 9.17) is 4.74 Å². The van der Waals surface area contributed by atoms with Crippen molar-refractivity contribution in [3.8, 4) is 0 Å². The summed E-state index contributed by atoms with van der Waals surface area (Å²) in [5.41, 5.74) is 2.56. The number of thioether (sulfide) groups is 1. The highest BCUT2D eigenvalue weighted by molar-refractivity contribution is 7.99. The van der Waals surface area contributed by atoms with E-state index in [2.05, 4.69) is 62.8 Å². The fraction of sp³-hybridized carbons (Fsp3) is 0.679. The summed E-state index contributed by atoms with van der Waals surface area (Å²) in [6, 6.07) is 0. The van der Waals surface area contributed by atoms with Gasteiger partial charge in [-0.2, -0.15) is 0 Å². The van der Waals surface area contributed by atoms with E-state index in [1.807, 2.05) is 6.20 Å². The molecule has 2 aliphatic carbocycles. The first kappa shape index (κ1) is 24.7. The second-order valence-electron chi connectivity index (χ2n) is 11.4. The minimum absolute atomic E-state index is 0.0479. The van der Waals surface area contributed by atoms with Crippen LogP contribution in [-0.2, 0) is 4.74 Å². The quantitative estimate of drug-likeness (QED) is 0.221. The highest BCUT2D eigenvalue weighted by atomic mass is 32.2. The lowest BCUT2D eigenvalue weighted by molar-refractivity contribution is -0.177. The van der Waals surface area contributed by atoms with Gasteiger partial charge in [-0.05, 0) is 62.0 Å². The summed E-state index contributed by atoms with van der Waals surface area (Å²) in [5.74, 6) is 2.36. The number of rotatable bonds is 9. The highest BCUT2D eigenvalue weighted by Gasteiger charge is 2.52. The van der Waals surface area contributed by atoms with Gasteiger partial charge in [0.1, 0.15) is 0 Å². The van der Waals surface area contributed by atoms with Crippen LogP contribution in [0.15, 0.2) is 52.7 Å². The Morgan fingerprint density at radius 2 is 2.09 bits per heavy atom. The summed E-state index contributed by atoms with van der Waals surface area (Å²) in [4.78, 5) is 7.54. The Labute approximate surface area is 204 Å². The zero-order valence-electron chi connectivity index (χ0n) is 21.1. The Bertz CT molecular complexity index is 897. The molecule has 1 aromatic rings. The molecule has 1 aromatic heterocycles. The molecule has 1 saturated heterocycles. The van der Waals surface area contributed by atoms with E-state index in [9.17, 15) is 5.11 Å². The molecule has 0 radical (unpaired) electrons. The molecule has 0 spiro atoms. The fourth-order valence-corrected chi connectivity index (χ4v) is 6.95. The van der Waals surface area contributed by atoms with Crippen LogP contribution in [-0.4, -0.2) is 32.5 Å². The summed E-state index contributed by atoms with van der Waals surface area (Å²) in [5, 5.41) is 12.3. The number of unbranched alkanes of at least 4 members (excludes halogenated alkanes) is 3. The van der Waals surface area contributed by atoms with Crippen LogP contribution in [0.4, 0.5) is 0 Å². The smallest absolute Gasteiger partial charge is 0.165 e. The van der Waals surface area contributed by atoms with Gasteiger partial charge in [-0.1, -0.05) is 75.9 Å². The van der Waals surface area contributed by atoms with Crippen molar-refractivity contribution in [2.45, 2.75) is 96.4 Å². The number of aliphatic hydroxyl groups is 1. The van der Waals surface area contributed by atoms with Crippen molar-refractivity contribution in [2.75, 3.05) is 5.75 Å². The molecule has 2 N–H and O–H groups in total. The van der Waals surface area contributed by atoms with E-state index in [1.54, 1.807) is 18.0 Å². The molecule has 0 saturated carbocycles. The average Bonchev–Trinajstić information content (AvgIpc) is 3.28. The van der Waals surface area contributed by atoms with E-state index >= 15 is 0 Å². The van der Waals surface area contributed by atoms with Crippen LogP contribution in [0.5, 0.6) is 0 Å². The SMILES string of the molecule is CCCCCCC(C)(C)C1=CC2OC(C)(C)C3CC=C(CSc4ncc[nH]4)CC3[C@@H]2C(O)=C1. The van der Waals surface area contributed by atoms with Crippen LogP contribution in [0.1, 0.15) is 79.6 Å². The molecule has 33 heavy (non-hydrogen) atoms. The van der Waals surface area contributed by atoms with Crippen molar-refractivity contribution in [1.29, 1.82) is 0 Å². The Hall–Kier alpha value is -1.46. The van der Waals surface area contributed by atoms with Gasteiger partial charge in [0.2, 0.25) is 0 Å². The normalized spacial score (nSPS) is 28.9. The zero-order chi connectivity index (χ0) is 23.6. The molecule has 1 aliphatic heterocycles. The maximum atomic E-state index is 11.3. The van der Waals surface area contributed by atoms with E-state index in [0.717, 1.165) is 30.2 Å². The highest BCUT2D eigenvalue weighted by Crippen LogP contribution is 2.53. The number of aliphatic hydroxyl groups excluding tert-OH is 1. The van der Waals surface area contributed by atoms with Crippen molar-refractivity contribution in [3.05, 3.63) is 47.5 Å². The van der Waals surface area contributed by atoms with Crippen LogP contribution < -0.4 is 0 Å².